The molecule has 0 radical (unpaired) electrons. The van der Waals surface area contributed by atoms with Crippen LogP contribution in [0.15, 0.2) is 6.33 Å². The Labute approximate surface area is 127 Å². The number of hydrogen-bond donors (Lipinski definition) is 0. The molecular formula is C16H18N2O2S. The van der Waals surface area contributed by atoms with Crippen molar-refractivity contribution in [3.8, 4) is 5.88 Å². The Balaban J connectivity index is 1.76. The fourth-order valence-electron chi connectivity index (χ4n) is 3.55. The number of aldehydes is 1. The van der Waals surface area contributed by atoms with E-state index in [9.17, 15) is 4.79 Å². The second-order valence-electron chi connectivity index (χ2n) is 5.96. The summed E-state index contributed by atoms with van der Waals surface area (Å²) in [5, 5.41) is 0.998. The van der Waals surface area contributed by atoms with Gasteiger partial charge >= 0.3 is 0 Å². The van der Waals surface area contributed by atoms with Gasteiger partial charge in [0, 0.05) is 10.8 Å². The van der Waals surface area contributed by atoms with Crippen LogP contribution < -0.4 is 4.74 Å². The summed E-state index contributed by atoms with van der Waals surface area (Å²) in [7, 11) is 0. The monoisotopic (exact) mass is 302 g/mol. The van der Waals surface area contributed by atoms with Crippen LogP contribution in [-0.4, -0.2) is 22.4 Å². The third-order valence-electron chi connectivity index (χ3n) is 4.62. The average Bonchev–Trinajstić information content (AvgIpc) is 3.07. The van der Waals surface area contributed by atoms with Crippen LogP contribution in [0.1, 0.15) is 54.9 Å². The van der Waals surface area contributed by atoms with E-state index in [1.165, 1.54) is 24.1 Å². The van der Waals surface area contributed by atoms with E-state index < -0.39 is 0 Å². The number of fused-ring (bicyclic) bond motifs is 3. The van der Waals surface area contributed by atoms with Gasteiger partial charge in [-0.15, -0.1) is 11.3 Å². The molecule has 1 atom stereocenters. The van der Waals surface area contributed by atoms with Gasteiger partial charge in [-0.05, 0) is 44.1 Å². The SMILES string of the molecule is O=C[C@H]1CCc2sc3ncnc(OC4CCCCC4)c3c21. The number of thiophene rings is 1. The molecule has 0 saturated heterocycles. The van der Waals surface area contributed by atoms with Crippen LogP contribution in [0.25, 0.3) is 10.2 Å². The van der Waals surface area contributed by atoms with E-state index in [1.807, 2.05) is 0 Å². The number of aryl methyl sites for hydroxylation is 1. The minimum Gasteiger partial charge on any atom is -0.474 e. The van der Waals surface area contributed by atoms with Crippen molar-refractivity contribution in [2.45, 2.75) is 57.0 Å². The fraction of sp³-hybridized carbons (Fsp3) is 0.562. The second kappa shape index (κ2) is 5.37. The molecule has 0 aromatic carbocycles. The van der Waals surface area contributed by atoms with E-state index in [0.29, 0.717) is 5.88 Å². The van der Waals surface area contributed by atoms with Crippen LogP contribution in [0, 0.1) is 0 Å². The Bertz CT molecular complexity index is 676. The summed E-state index contributed by atoms with van der Waals surface area (Å²) in [5.74, 6) is 0.687. The normalized spacial score (nSPS) is 22.4. The van der Waals surface area contributed by atoms with Gasteiger partial charge in [0.25, 0.3) is 0 Å². The molecule has 2 aliphatic rings. The first-order chi connectivity index (χ1) is 10.4. The zero-order valence-electron chi connectivity index (χ0n) is 11.9. The second-order valence-corrected chi connectivity index (χ2v) is 7.04. The zero-order valence-corrected chi connectivity index (χ0v) is 12.7. The van der Waals surface area contributed by atoms with Crippen LogP contribution >= 0.6 is 11.3 Å². The van der Waals surface area contributed by atoms with E-state index in [1.54, 1.807) is 17.7 Å². The van der Waals surface area contributed by atoms with Gasteiger partial charge in [-0.25, -0.2) is 9.97 Å². The van der Waals surface area contributed by atoms with Gasteiger partial charge in [-0.2, -0.15) is 0 Å². The lowest BCUT2D eigenvalue weighted by atomic mass is 9.98. The third kappa shape index (κ3) is 2.24. The Kier molecular flexibility index (Phi) is 3.37. The average molecular weight is 302 g/mol. The van der Waals surface area contributed by atoms with Gasteiger partial charge in [-0.3, -0.25) is 0 Å². The quantitative estimate of drug-likeness (QED) is 0.812. The first kappa shape index (κ1) is 13.2. The first-order valence-electron chi connectivity index (χ1n) is 7.75. The number of carbonyl (C=O) groups is 1. The number of aromatic nitrogens is 2. The van der Waals surface area contributed by atoms with Crippen LogP contribution in [0.5, 0.6) is 5.88 Å². The molecule has 0 spiro atoms. The summed E-state index contributed by atoms with van der Waals surface area (Å²) in [5.41, 5.74) is 1.14. The molecular weight excluding hydrogens is 284 g/mol. The van der Waals surface area contributed by atoms with E-state index in [0.717, 1.165) is 47.7 Å². The topological polar surface area (TPSA) is 52.1 Å². The molecule has 0 N–H and O–H groups in total. The Hall–Kier alpha value is -1.49. The number of carbonyl (C=O) groups excluding carboxylic acids is 1. The maximum Gasteiger partial charge on any atom is 0.225 e. The molecule has 2 aromatic rings. The van der Waals surface area contributed by atoms with Gasteiger partial charge in [0.15, 0.2) is 0 Å². The van der Waals surface area contributed by atoms with Crippen LogP contribution in [-0.2, 0) is 11.2 Å². The number of ether oxygens (including phenoxy) is 1. The molecule has 2 aromatic heterocycles. The van der Waals surface area contributed by atoms with Crippen molar-refractivity contribution in [3.63, 3.8) is 0 Å². The van der Waals surface area contributed by atoms with Gasteiger partial charge < -0.3 is 9.53 Å². The molecule has 1 fully saturated rings. The van der Waals surface area contributed by atoms with Crippen molar-refractivity contribution < 1.29 is 9.53 Å². The Morgan fingerprint density at radius 2 is 2.05 bits per heavy atom. The molecule has 2 aliphatic carbocycles. The minimum atomic E-state index is -0.00606. The van der Waals surface area contributed by atoms with E-state index in [-0.39, 0.29) is 12.0 Å². The van der Waals surface area contributed by atoms with Gasteiger partial charge in [0.05, 0.1) is 5.39 Å². The molecule has 2 heterocycles. The molecule has 5 heteroatoms. The summed E-state index contributed by atoms with van der Waals surface area (Å²) >= 11 is 1.69. The minimum absolute atomic E-state index is 0.00606. The molecule has 4 rings (SSSR count). The van der Waals surface area contributed by atoms with Crippen molar-refractivity contribution in [2.75, 3.05) is 0 Å². The summed E-state index contributed by atoms with van der Waals surface area (Å²) in [6, 6.07) is 0. The number of hydrogen-bond acceptors (Lipinski definition) is 5. The summed E-state index contributed by atoms with van der Waals surface area (Å²) in [6.07, 6.45) is 10.8. The highest BCUT2D eigenvalue weighted by atomic mass is 32.1. The van der Waals surface area contributed by atoms with E-state index in [4.69, 9.17) is 4.74 Å². The standard InChI is InChI=1S/C16H18N2O2S/c19-8-10-6-7-12-13(10)14-15(17-9-18-16(14)21-12)20-11-4-2-1-3-5-11/h8-11H,1-7H2/t10-/m1/s1. The molecule has 4 nitrogen and oxygen atoms in total. The van der Waals surface area contributed by atoms with Crippen molar-refractivity contribution >= 4 is 27.8 Å². The molecule has 110 valence electrons. The maximum absolute atomic E-state index is 11.3. The van der Waals surface area contributed by atoms with Crippen LogP contribution in [0.2, 0.25) is 0 Å². The summed E-state index contributed by atoms with van der Waals surface area (Å²) < 4.78 is 6.18. The van der Waals surface area contributed by atoms with E-state index in [2.05, 4.69) is 9.97 Å². The van der Waals surface area contributed by atoms with Crippen LogP contribution in [0.4, 0.5) is 0 Å². The van der Waals surface area contributed by atoms with Gasteiger partial charge in [-0.1, -0.05) is 6.42 Å². The third-order valence-corrected chi connectivity index (χ3v) is 5.79. The zero-order chi connectivity index (χ0) is 14.2. The highest BCUT2D eigenvalue weighted by molar-refractivity contribution is 7.19. The number of rotatable bonds is 3. The summed E-state index contributed by atoms with van der Waals surface area (Å²) in [6.45, 7) is 0. The smallest absolute Gasteiger partial charge is 0.225 e. The molecule has 0 unspecified atom stereocenters. The molecule has 0 amide bonds. The Morgan fingerprint density at radius 1 is 1.19 bits per heavy atom. The molecule has 21 heavy (non-hydrogen) atoms. The van der Waals surface area contributed by atoms with Gasteiger partial charge in [0.2, 0.25) is 5.88 Å². The van der Waals surface area contributed by atoms with Crippen molar-refractivity contribution in [2.24, 2.45) is 0 Å². The molecule has 0 bridgehead atoms. The lowest BCUT2D eigenvalue weighted by Crippen LogP contribution is -2.20. The largest absolute Gasteiger partial charge is 0.474 e. The maximum atomic E-state index is 11.3. The molecule has 1 saturated carbocycles. The van der Waals surface area contributed by atoms with Crippen LogP contribution in [0.3, 0.4) is 0 Å². The lowest BCUT2D eigenvalue weighted by Gasteiger charge is -2.22. The van der Waals surface area contributed by atoms with Crippen molar-refractivity contribution in [1.82, 2.24) is 9.97 Å². The first-order valence-corrected chi connectivity index (χ1v) is 8.56. The highest BCUT2D eigenvalue weighted by Gasteiger charge is 2.30. The number of nitrogens with zero attached hydrogens (tertiary/aromatic N) is 2. The van der Waals surface area contributed by atoms with Crippen molar-refractivity contribution in [3.05, 3.63) is 16.8 Å². The lowest BCUT2D eigenvalue weighted by molar-refractivity contribution is -0.109. The Morgan fingerprint density at radius 3 is 2.86 bits per heavy atom. The van der Waals surface area contributed by atoms with Gasteiger partial charge in [0.1, 0.15) is 23.5 Å². The molecule has 0 aliphatic heterocycles. The van der Waals surface area contributed by atoms with E-state index >= 15 is 0 Å². The fourth-order valence-corrected chi connectivity index (χ4v) is 4.76. The predicted molar refractivity (Wildman–Crippen MR) is 82.0 cm³/mol. The summed E-state index contributed by atoms with van der Waals surface area (Å²) in [4.78, 5) is 22.3. The predicted octanol–water partition coefficient (Wildman–Crippen LogP) is 3.63. The van der Waals surface area contributed by atoms with Crippen molar-refractivity contribution in [1.29, 1.82) is 0 Å². The highest BCUT2D eigenvalue weighted by Crippen LogP contribution is 2.45.